The molecule has 0 atom stereocenters. The maximum absolute atomic E-state index is 10.9. The number of rotatable bonds is 3. The summed E-state index contributed by atoms with van der Waals surface area (Å²) >= 11 is 0. The van der Waals surface area contributed by atoms with E-state index in [-0.39, 0.29) is 9.29 Å². The summed E-state index contributed by atoms with van der Waals surface area (Å²) in [7, 11) is 6.15. The second-order valence-electron chi connectivity index (χ2n) is 3.60. The van der Waals surface area contributed by atoms with E-state index in [1.807, 2.05) is 0 Å². The molecule has 0 rings (SSSR count). The van der Waals surface area contributed by atoms with E-state index < -0.39 is 0 Å². The molecule has 0 saturated carbocycles. The number of nitrogens with zero attached hydrogens (tertiary/aromatic N) is 2. The molecule has 4 heteroatoms. The summed E-state index contributed by atoms with van der Waals surface area (Å²) in [5.74, 6) is 0. The summed E-state index contributed by atoms with van der Waals surface area (Å²) in [5.41, 5.74) is 0. The van der Waals surface area contributed by atoms with Crippen LogP contribution >= 0.6 is 0 Å². The zero-order chi connectivity index (χ0) is 8.41. The van der Waals surface area contributed by atoms with Crippen LogP contribution in [0.15, 0.2) is 0 Å². The second kappa shape index (κ2) is 2.84. The Labute approximate surface area is 62.0 Å². The standard InChI is InChI=1S/C6H16N2O2/c1-7(2,9)5-6-8(3,4)10/h5-6H2,1-4H3. The molecule has 0 spiro atoms. The third-order valence-corrected chi connectivity index (χ3v) is 1.18. The van der Waals surface area contributed by atoms with Gasteiger partial charge in [-0.25, -0.2) is 0 Å². The van der Waals surface area contributed by atoms with E-state index in [9.17, 15) is 10.4 Å². The molecular weight excluding hydrogens is 132 g/mol. The van der Waals surface area contributed by atoms with Crippen LogP contribution in [0.1, 0.15) is 0 Å². The van der Waals surface area contributed by atoms with Crippen LogP contribution in [0.3, 0.4) is 0 Å². The predicted octanol–water partition coefficient (Wildman–Crippen LogP) is 0.135. The van der Waals surface area contributed by atoms with E-state index in [1.54, 1.807) is 0 Å². The Morgan fingerprint density at radius 3 is 1.10 bits per heavy atom. The van der Waals surface area contributed by atoms with Crippen molar-refractivity contribution in [3.05, 3.63) is 10.4 Å². The monoisotopic (exact) mass is 148 g/mol. The fourth-order valence-corrected chi connectivity index (χ4v) is 0.482. The Morgan fingerprint density at radius 1 is 0.800 bits per heavy atom. The van der Waals surface area contributed by atoms with Crippen molar-refractivity contribution >= 4 is 0 Å². The number of hydroxylamine groups is 6. The zero-order valence-electron chi connectivity index (χ0n) is 7.13. The average Bonchev–Trinajstić information content (AvgIpc) is 1.57. The van der Waals surface area contributed by atoms with Crippen LogP contribution in [0.2, 0.25) is 0 Å². The van der Waals surface area contributed by atoms with Crippen molar-refractivity contribution < 1.29 is 9.29 Å². The molecule has 0 aliphatic rings. The fourth-order valence-electron chi connectivity index (χ4n) is 0.482. The molecule has 0 aromatic rings. The largest absolute Gasteiger partial charge is 0.633 e. The minimum absolute atomic E-state index is 0.372. The topological polar surface area (TPSA) is 46.1 Å². The van der Waals surface area contributed by atoms with Gasteiger partial charge in [-0.15, -0.1) is 0 Å². The van der Waals surface area contributed by atoms with Gasteiger partial charge in [-0.1, -0.05) is 0 Å². The van der Waals surface area contributed by atoms with E-state index >= 15 is 0 Å². The molecule has 0 radical (unpaired) electrons. The van der Waals surface area contributed by atoms with Crippen molar-refractivity contribution in [3.8, 4) is 0 Å². The minimum Gasteiger partial charge on any atom is -0.633 e. The fraction of sp³-hybridized carbons (Fsp3) is 1.00. The van der Waals surface area contributed by atoms with Gasteiger partial charge < -0.3 is 19.7 Å². The third-order valence-electron chi connectivity index (χ3n) is 1.18. The van der Waals surface area contributed by atoms with Crippen LogP contribution in [0.5, 0.6) is 0 Å². The molecule has 0 aliphatic heterocycles. The van der Waals surface area contributed by atoms with Crippen LogP contribution in [0.4, 0.5) is 0 Å². The van der Waals surface area contributed by atoms with Crippen LogP contribution < -0.4 is 0 Å². The van der Waals surface area contributed by atoms with Crippen LogP contribution in [0, 0.1) is 10.4 Å². The molecule has 0 bridgehead atoms. The quantitative estimate of drug-likeness (QED) is 0.422. The number of likely N-dealkylation sites (N-methyl/N-ethyl adjacent to an activating group) is 2. The number of hydrogen-bond acceptors (Lipinski definition) is 2. The Kier molecular flexibility index (Phi) is 2.79. The van der Waals surface area contributed by atoms with Gasteiger partial charge in [0.15, 0.2) is 0 Å². The summed E-state index contributed by atoms with van der Waals surface area (Å²) in [5, 5.41) is 21.9. The van der Waals surface area contributed by atoms with Gasteiger partial charge in [0.2, 0.25) is 0 Å². The van der Waals surface area contributed by atoms with Gasteiger partial charge in [0.25, 0.3) is 0 Å². The van der Waals surface area contributed by atoms with Crippen molar-refractivity contribution in [1.29, 1.82) is 0 Å². The number of quaternary nitrogens is 2. The first-order valence-electron chi connectivity index (χ1n) is 3.29. The lowest BCUT2D eigenvalue weighted by molar-refractivity contribution is -0.898. The molecule has 0 unspecified atom stereocenters. The average molecular weight is 148 g/mol. The highest BCUT2D eigenvalue weighted by Crippen LogP contribution is 1.97. The van der Waals surface area contributed by atoms with Gasteiger partial charge in [-0.2, -0.15) is 0 Å². The summed E-state index contributed by atoms with van der Waals surface area (Å²) in [6.07, 6.45) is 0. The van der Waals surface area contributed by atoms with Crippen molar-refractivity contribution in [2.24, 2.45) is 0 Å². The van der Waals surface area contributed by atoms with E-state index in [1.165, 1.54) is 28.2 Å². The molecule has 0 saturated heterocycles. The summed E-state index contributed by atoms with van der Waals surface area (Å²) in [4.78, 5) is 0. The highest BCUT2D eigenvalue weighted by molar-refractivity contribution is 4.33. The predicted molar refractivity (Wildman–Crippen MR) is 40.7 cm³/mol. The lowest BCUT2D eigenvalue weighted by atomic mass is 10.5. The van der Waals surface area contributed by atoms with Gasteiger partial charge in [0, 0.05) is 0 Å². The van der Waals surface area contributed by atoms with Crippen molar-refractivity contribution in [3.63, 3.8) is 0 Å². The molecule has 0 aromatic heterocycles. The molecule has 0 amide bonds. The van der Waals surface area contributed by atoms with E-state index in [0.717, 1.165) is 0 Å². The molecule has 0 aliphatic carbocycles. The SMILES string of the molecule is C[N+](C)([O-])CC[N+](C)(C)[O-]. The van der Waals surface area contributed by atoms with Gasteiger partial charge in [0.1, 0.15) is 13.1 Å². The Bertz CT molecular complexity index is 87.3. The molecule has 0 heterocycles. The Balaban J connectivity index is 3.56. The maximum Gasteiger partial charge on any atom is 0.128 e. The van der Waals surface area contributed by atoms with Gasteiger partial charge in [0.05, 0.1) is 28.2 Å². The lowest BCUT2D eigenvalue weighted by Gasteiger charge is -2.40. The molecule has 4 nitrogen and oxygen atoms in total. The minimum atomic E-state index is -0.385. The smallest absolute Gasteiger partial charge is 0.128 e. The van der Waals surface area contributed by atoms with Crippen molar-refractivity contribution in [2.45, 2.75) is 0 Å². The lowest BCUT2D eigenvalue weighted by Crippen LogP contribution is -2.44. The summed E-state index contributed by atoms with van der Waals surface area (Å²) in [6.45, 7) is 0.743. The molecule has 62 valence electrons. The van der Waals surface area contributed by atoms with Crippen molar-refractivity contribution in [2.75, 3.05) is 41.3 Å². The number of hydrogen-bond donors (Lipinski definition) is 0. The Hall–Kier alpha value is -0.160. The second-order valence-corrected chi connectivity index (χ2v) is 3.60. The first-order chi connectivity index (χ1) is 4.21. The van der Waals surface area contributed by atoms with Crippen LogP contribution in [-0.4, -0.2) is 50.6 Å². The first kappa shape index (κ1) is 9.84. The van der Waals surface area contributed by atoms with E-state index in [2.05, 4.69) is 0 Å². The van der Waals surface area contributed by atoms with Crippen LogP contribution in [-0.2, 0) is 0 Å². The Morgan fingerprint density at radius 2 is 1.00 bits per heavy atom. The van der Waals surface area contributed by atoms with Crippen molar-refractivity contribution in [1.82, 2.24) is 0 Å². The third kappa shape index (κ3) is 7.84. The molecule has 0 N–H and O–H groups in total. The zero-order valence-corrected chi connectivity index (χ0v) is 7.13. The molecule has 0 fully saturated rings. The summed E-state index contributed by atoms with van der Waals surface area (Å²) in [6, 6.07) is 0. The summed E-state index contributed by atoms with van der Waals surface area (Å²) < 4.78 is -0.770. The normalized spacial score (nSPS) is 13.8. The van der Waals surface area contributed by atoms with E-state index in [0.29, 0.717) is 13.1 Å². The molecule has 0 aromatic carbocycles. The van der Waals surface area contributed by atoms with Crippen LogP contribution in [0.25, 0.3) is 0 Å². The highest BCUT2D eigenvalue weighted by atomic mass is 16.6. The van der Waals surface area contributed by atoms with Gasteiger partial charge >= 0.3 is 0 Å². The molecule has 10 heavy (non-hydrogen) atoms. The maximum atomic E-state index is 10.9. The van der Waals surface area contributed by atoms with E-state index in [4.69, 9.17) is 0 Å². The molecular formula is C6H16N2O2. The highest BCUT2D eigenvalue weighted by Gasteiger charge is 2.07. The van der Waals surface area contributed by atoms with Gasteiger partial charge in [-0.3, -0.25) is 0 Å². The first-order valence-corrected chi connectivity index (χ1v) is 3.29. The van der Waals surface area contributed by atoms with Gasteiger partial charge in [-0.05, 0) is 0 Å².